The molecule has 1 saturated heterocycles. The van der Waals surface area contributed by atoms with E-state index in [2.05, 4.69) is 21.2 Å². The molecule has 240 valence electrons. The molecule has 3 N–H and O–H groups in total. The van der Waals surface area contributed by atoms with Crippen molar-refractivity contribution in [1.82, 2.24) is 15.1 Å². The van der Waals surface area contributed by atoms with E-state index in [4.69, 9.17) is 24.7 Å². The molecular formula is C33H52N4O6. The maximum absolute atomic E-state index is 13.8. The van der Waals surface area contributed by atoms with Crippen molar-refractivity contribution >= 4 is 12.0 Å². The number of alkyl carbamates (subject to hydrolysis) is 1. The monoisotopic (exact) mass is 600 g/mol. The molecular weight excluding hydrogens is 548 g/mol. The number of carbonyl (C=O) groups is 2. The molecule has 5 rings (SSSR count). The van der Waals surface area contributed by atoms with Crippen molar-refractivity contribution in [3.8, 4) is 0 Å². The fourth-order valence-electron chi connectivity index (χ4n) is 7.71. The number of nitrogens with one attached hydrogen (secondary N) is 1. The second-order valence-electron chi connectivity index (χ2n) is 14.2. The Kier molecular flexibility index (Phi) is 9.49. The molecule has 10 heteroatoms. The van der Waals surface area contributed by atoms with Crippen LogP contribution in [-0.4, -0.2) is 85.7 Å². The van der Waals surface area contributed by atoms with Gasteiger partial charge in [0.25, 0.3) is 0 Å². The van der Waals surface area contributed by atoms with Crippen LogP contribution in [0, 0.1) is 17.3 Å². The van der Waals surface area contributed by atoms with Gasteiger partial charge in [-0.25, -0.2) is 4.79 Å². The number of nitrogens with zero attached hydrogens (tertiary/aromatic N) is 2. The molecule has 0 bridgehead atoms. The summed E-state index contributed by atoms with van der Waals surface area (Å²) in [4.78, 5) is 30.4. The number of rotatable bonds is 11. The third-order valence-electron chi connectivity index (χ3n) is 10.2. The van der Waals surface area contributed by atoms with Crippen LogP contribution in [0.25, 0.3) is 0 Å². The van der Waals surface area contributed by atoms with Crippen LogP contribution in [0.5, 0.6) is 0 Å². The van der Waals surface area contributed by atoms with Crippen molar-refractivity contribution in [1.29, 1.82) is 0 Å². The van der Waals surface area contributed by atoms with Crippen molar-refractivity contribution < 1.29 is 28.5 Å². The Bertz CT molecular complexity index is 1110. The Morgan fingerprint density at radius 3 is 2.53 bits per heavy atom. The van der Waals surface area contributed by atoms with Gasteiger partial charge in [-0.05, 0) is 96.0 Å². The van der Waals surface area contributed by atoms with Gasteiger partial charge in [-0.1, -0.05) is 6.08 Å². The second kappa shape index (κ2) is 12.8. The normalized spacial score (nSPS) is 31.3. The number of nitrogens with two attached hydrogens (primary N) is 1. The standard InChI is InChI=1S/C33H52N4O6/c1-31(2,3)43-30(39)35-15-9-23-7-11-32(12-8-23)19-28(32)36(21-29(38)37-16-6-10-33(37)13-14-33)20-25-26(40-4)17-24(42-22-34)18-27(25)41-5/h9,15,17-18,23,25-26,28H,6-8,10-14,16,19-22,34H2,1-5H3,(H,35,39)/b15-9+/t23?,25?,26?,28-,32?/m0/s1. The molecule has 3 atom stereocenters. The van der Waals surface area contributed by atoms with E-state index in [-0.39, 0.29) is 35.6 Å². The summed E-state index contributed by atoms with van der Waals surface area (Å²) in [5.41, 5.74) is 5.48. The largest absolute Gasteiger partial charge is 0.501 e. The van der Waals surface area contributed by atoms with Crippen molar-refractivity contribution in [2.24, 2.45) is 23.0 Å². The van der Waals surface area contributed by atoms with E-state index in [1.165, 1.54) is 0 Å². The van der Waals surface area contributed by atoms with E-state index in [0.717, 1.165) is 70.1 Å². The average Bonchev–Trinajstić information content (AvgIpc) is 3.83. The SMILES string of the molecule is COC1=CC(OCN)=CC(OC)C1CN(CC(=O)N1CCCC12CC2)[C@H]1CC12CCC(/C=C/NC(=O)OC(C)(C)C)CC2. The fraction of sp³-hybridized carbons (Fsp3) is 0.758. The van der Waals surface area contributed by atoms with Gasteiger partial charge in [0, 0.05) is 44.1 Å². The van der Waals surface area contributed by atoms with Gasteiger partial charge in [0.05, 0.1) is 25.7 Å². The molecule has 0 radical (unpaired) electrons. The zero-order valence-electron chi connectivity index (χ0n) is 26.7. The molecule has 4 fully saturated rings. The van der Waals surface area contributed by atoms with Crippen LogP contribution < -0.4 is 11.1 Å². The van der Waals surface area contributed by atoms with Gasteiger partial charge in [-0.3, -0.25) is 20.7 Å². The first-order valence-corrected chi connectivity index (χ1v) is 16.1. The molecule has 0 aromatic carbocycles. The van der Waals surface area contributed by atoms with E-state index in [1.807, 2.05) is 32.9 Å². The lowest BCUT2D eigenvalue weighted by molar-refractivity contribution is -0.134. The molecule has 2 spiro atoms. The molecule has 4 aliphatic carbocycles. The van der Waals surface area contributed by atoms with E-state index in [9.17, 15) is 9.59 Å². The summed E-state index contributed by atoms with van der Waals surface area (Å²) in [6.45, 7) is 7.63. The quantitative estimate of drug-likeness (QED) is 0.335. The fourth-order valence-corrected chi connectivity index (χ4v) is 7.71. The Morgan fingerprint density at radius 2 is 1.91 bits per heavy atom. The lowest BCUT2D eigenvalue weighted by Gasteiger charge is -2.37. The van der Waals surface area contributed by atoms with E-state index >= 15 is 0 Å². The molecule has 10 nitrogen and oxygen atoms in total. The van der Waals surface area contributed by atoms with Crippen molar-refractivity contribution in [3.63, 3.8) is 0 Å². The minimum absolute atomic E-state index is 0.0581. The summed E-state index contributed by atoms with van der Waals surface area (Å²) in [7, 11) is 3.38. The third kappa shape index (κ3) is 7.40. The number of amides is 2. The predicted octanol–water partition coefficient (Wildman–Crippen LogP) is 4.42. The minimum atomic E-state index is -0.519. The zero-order valence-corrected chi connectivity index (χ0v) is 26.7. The molecule has 5 aliphatic rings. The lowest BCUT2D eigenvalue weighted by Crippen LogP contribution is -2.48. The topological polar surface area (TPSA) is 116 Å². The molecule has 1 aliphatic heterocycles. The Balaban J connectivity index is 1.25. The Hall–Kier alpha value is -2.56. The van der Waals surface area contributed by atoms with Crippen LogP contribution >= 0.6 is 0 Å². The molecule has 1 heterocycles. The number of hydrogen-bond donors (Lipinski definition) is 2. The number of carbonyl (C=O) groups excluding carboxylic acids is 2. The highest BCUT2D eigenvalue weighted by atomic mass is 16.6. The number of ether oxygens (including phenoxy) is 4. The van der Waals surface area contributed by atoms with E-state index in [0.29, 0.717) is 30.8 Å². The van der Waals surface area contributed by atoms with Crippen LogP contribution in [0.2, 0.25) is 0 Å². The van der Waals surface area contributed by atoms with Crippen molar-refractivity contribution in [3.05, 3.63) is 35.9 Å². The average molecular weight is 601 g/mol. The van der Waals surface area contributed by atoms with Gasteiger partial charge >= 0.3 is 6.09 Å². The summed E-state index contributed by atoms with van der Waals surface area (Å²) in [6, 6.07) is 0.348. The van der Waals surface area contributed by atoms with Crippen molar-refractivity contribution in [2.45, 2.75) is 102 Å². The summed E-state index contributed by atoms with van der Waals surface area (Å²) < 4.78 is 22.7. The zero-order chi connectivity index (χ0) is 30.8. The number of methoxy groups -OCH3 is 2. The van der Waals surface area contributed by atoms with E-state index < -0.39 is 11.7 Å². The smallest absolute Gasteiger partial charge is 0.411 e. The van der Waals surface area contributed by atoms with Gasteiger partial charge in [-0.2, -0.15) is 0 Å². The Morgan fingerprint density at radius 1 is 1.16 bits per heavy atom. The first-order valence-electron chi connectivity index (χ1n) is 16.1. The summed E-state index contributed by atoms with van der Waals surface area (Å²) in [5.74, 6) is 2.06. The summed E-state index contributed by atoms with van der Waals surface area (Å²) in [6.07, 6.45) is 17.0. The van der Waals surface area contributed by atoms with Crippen LogP contribution in [0.4, 0.5) is 4.79 Å². The molecule has 3 saturated carbocycles. The maximum Gasteiger partial charge on any atom is 0.411 e. The predicted molar refractivity (Wildman–Crippen MR) is 163 cm³/mol. The second-order valence-corrected chi connectivity index (χ2v) is 14.2. The van der Waals surface area contributed by atoms with Gasteiger partial charge in [0.15, 0.2) is 0 Å². The molecule has 43 heavy (non-hydrogen) atoms. The van der Waals surface area contributed by atoms with Gasteiger partial charge < -0.3 is 23.8 Å². The minimum Gasteiger partial charge on any atom is -0.501 e. The molecule has 0 aromatic rings. The van der Waals surface area contributed by atoms with E-state index in [1.54, 1.807) is 20.4 Å². The highest BCUT2D eigenvalue weighted by molar-refractivity contribution is 5.80. The number of allylic oxidation sites excluding steroid dienone is 2. The van der Waals surface area contributed by atoms with Crippen LogP contribution in [0.3, 0.4) is 0 Å². The lowest BCUT2D eigenvalue weighted by atomic mass is 9.79. The highest BCUT2D eigenvalue weighted by Crippen LogP contribution is 2.60. The van der Waals surface area contributed by atoms with Gasteiger partial charge in [0.2, 0.25) is 5.91 Å². The summed E-state index contributed by atoms with van der Waals surface area (Å²) >= 11 is 0. The number of hydrogen-bond acceptors (Lipinski definition) is 8. The molecule has 2 unspecified atom stereocenters. The summed E-state index contributed by atoms with van der Waals surface area (Å²) in [5, 5.41) is 2.74. The first-order chi connectivity index (χ1) is 20.5. The van der Waals surface area contributed by atoms with Crippen LogP contribution in [0.1, 0.15) is 78.6 Å². The Labute approximate surface area is 257 Å². The maximum atomic E-state index is 13.8. The van der Waals surface area contributed by atoms with Gasteiger partial charge in [0.1, 0.15) is 23.9 Å². The molecule has 0 aromatic heterocycles. The third-order valence-corrected chi connectivity index (χ3v) is 10.2. The number of likely N-dealkylation sites (tertiary alicyclic amines) is 1. The van der Waals surface area contributed by atoms with Crippen LogP contribution in [-0.2, 0) is 23.7 Å². The molecule has 2 amide bonds. The van der Waals surface area contributed by atoms with Crippen LogP contribution in [0.15, 0.2) is 35.9 Å². The van der Waals surface area contributed by atoms with Crippen molar-refractivity contribution in [2.75, 3.05) is 40.6 Å². The van der Waals surface area contributed by atoms with Gasteiger partial charge in [-0.15, -0.1) is 0 Å². The first kappa shape index (κ1) is 31.9. The highest BCUT2D eigenvalue weighted by Gasteiger charge is 2.59.